The second-order valence-corrected chi connectivity index (χ2v) is 9.43. The summed E-state index contributed by atoms with van der Waals surface area (Å²) in [7, 11) is 0. The van der Waals surface area contributed by atoms with Crippen LogP contribution in [0.1, 0.15) is 31.7 Å². The van der Waals surface area contributed by atoms with Gasteiger partial charge in [0.2, 0.25) is 0 Å². The second kappa shape index (κ2) is 7.99. The Morgan fingerprint density at radius 3 is 2.47 bits per heavy atom. The molecule has 1 aliphatic heterocycles. The van der Waals surface area contributed by atoms with Gasteiger partial charge in [-0.15, -0.1) is 0 Å². The Morgan fingerprint density at radius 2 is 1.88 bits per heavy atom. The number of benzene rings is 1. The third-order valence-corrected chi connectivity index (χ3v) is 7.13. The van der Waals surface area contributed by atoms with Crippen LogP contribution in [-0.4, -0.2) is 69.2 Å². The quantitative estimate of drug-likeness (QED) is 0.625. The van der Waals surface area contributed by atoms with Gasteiger partial charge in [0.15, 0.2) is 0 Å². The van der Waals surface area contributed by atoms with E-state index >= 15 is 0 Å². The molecule has 2 amide bonds. The molecular formula is C23H31N7O2. The molecule has 9 nitrogen and oxygen atoms in total. The average molecular weight is 438 g/mol. The third-order valence-electron chi connectivity index (χ3n) is 7.13. The molecule has 4 fully saturated rings. The molecule has 1 aromatic heterocycles. The molecule has 0 spiro atoms. The average Bonchev–Trinajstić information content (AvgIpc) is 2.76. The van der Waals surface area contributed by atoms with E-state index in [1.54, 1.807) is 17.2 Å². The normalized spacial score (nSPS) is 26.4. The molecule has 0 unspecified atom stereocenters. The number of aromatic nitrogens is 2. The lowest BCUT2D eigenvalue weighted by molar-refractivity contribution is -0.164. The van der Waals surface area contributed by atoms with Crippen LogP contribution in [0.3, 0.4) is 0 Å². The van der Waals surface area contributed by atoms with Gasteiger partial charge in [-0.05, 0) is 49.6 Å². The number of anilines is 1. The fourth-order valence-corrected chi connectivity index (χ4v) is 5.47. The number of carbonyl (C=O) groups is 1. The minimum absolute atomic E-state index is 0.0993. The van der Waals surface area contributed by atoms with E-state index in [2.05, 4.69) is 39.6 Å². The molecule has 2 heterocycles. The summed E-state index contributed by atoms with van der Waals surface area (Å²) in [6.45, 7) is 6.90. The standard InChI is InChI=1S/C23H31N7O2/c1-2-29(23-14-22(24,15-23)16-23)13-17-3-5-18(6-4-17)30-10-7-19(27-21(30)32)26-20(31)28-11-8-25-9-12-28/h3-7,10,25H,2,8-9,11-16,24H2,1H3,(H,26,27,31,32). The summed E-state index contributed by atoms with van der Waals surface area (Å²) >= 11 is 0. The minimum Gasteiger partial charge on any atom is -0.325 e. The van der Waals surface area contributed by atoms with Crippen molar-refractivity contribution in [1.29, 1.82) is 0 Å². The van der Waals surface area contributed by atoms with Gasteiger partial charge < -0.3 is 16.0 Å². The van der Waals surface area contributed by atoms with Crippen molar-refractivity contribution in [2.24, 2.45) is 5.73 Å². The monoisotopic (exact) mass is 437 g/mol. The number of nitrogens with zero attached hydrogens (tertiary/aromatic N) is 4. The van der Waals surface area contributed by atoms with E-state index < -0.39 is 5.69 Å². The SMILES string of the molecule is CCN(Cc1ccc(-n2ccc(NC(=O)N3CCNCC3)nc2=O)cc1)C12CC(N)(C1)C2. The molecule has 170 valence electrons. The van der Waals surface area contributed by atoms with Crippen molar-refractivity contribution in [3.8, 4) is 5.69 Å². The van der Waals surface area contributed by atoms with Crippen LogP contribution in [0, 0.1) is 0 Å². The molecular weight excluding hydrogens is 406 g/mol. The maximum atomic E-state index is 12.6. The van der Waals surface area contributed by atoms with Crippen LogP contribution >= 0.6 is 0 Å². The number of hydrogen-bond donors (Lipinski definition) is 3. The summed E-state index contributed by atoms with van der Waals surface area (Å²) in [5, 5.41) is 5.92. The van der Waals surface area contributed by atoms with Crippen LogP contribution in [0.4, 0.5) is 10.6 Å². The first kappa shape index (κ1) is 21.1. The molecule has 0 radical (unpaired) electrons. The van der Waals surface area contributed by atoms with Crippen molar-refractivity contribution >= 4 is 11.8 Å². The predicted molar refractivity (Wildman–Crippen MR) is 123 cm³/mol. The van der Waals surface area contributed by atoms with Gasteiger partial charge in [0, 0.05) is 50.0 Å². The first-order chi connectivity index (χ1) is 15.4. The molecule has 9 heteroatoms. The van der Waals surface area contributed by atoms with Crippen molar-refractivity contribution in [1.82, 2.24) is 24.7 Å². The lowest BCUT2D eigenvalue weighted by Crippen LogP contribution is -2.81. The van der Waals surface area contributed by atoms with Gasteiger partial charge in [-0.1, -0.05) is 19.1 Å². The first-order valence-electron chi connectivity index (χ1n) is 11.4. The van der Waals surface area contributed by atoms with Gasteiger partial charge in [-0.2, -0.15) is 4.98 Å². The first-order valence-corrected chi connectivity index (χ1v) is 11.4. The molecule has 4 N–H and O–H groups in total. The topological polar surface area (TPSA) is 109 Å². The van der Waals surface area contributed by atoms with E-state index in [0.717, 1.165) is 51.1 Å². The van der Waals surface area contributed by atoms with Crippen LogP contribution in [0.15, 0.2) is 41.3 Å². The maximum absolute atomic E-state index is 12.6. The summed E-state index contributed by atoms with van der Waals surface area (Å²) in [6.07, 6.45) is 4.96. The largest absolute Gasteiger partial charge is 0.354 e. The summed E-state index contributed by atoms with van der Waals surface area (Å²) in [6, 6.07) is 9.43. The van der Waals surface area contributed by atoms with Crippen LogP contribution in [0.5, 0.6) is 0 Å². The van der Waals surface area contributed by atoms with Gasteiger partial charge in [0.1, 0.15) is 5.82 Å². The molecule has 0 atom stereocenters. The molecule has 1 saturated heterocycles. The van der Waals surface area contributed by atoms with Crippen molar-refractivity contribution in [2.45, 2.75) is 43.8 Å². The lowest BCUT2D eigenvalue weighted by atomic mass is 9.44. The number of carbonyl (C=O) groups excluding carboxylic acids is 1. The summed E-state index contributed by atoms with van der Waals surface area (Å²) < 4.78 is 1.49. The fraction of sp³-hybridized carbons (Fsp3) is 0.522. The minimum atomic E-state index is -0.423. The Morgan fingerprint density at radius 1 is 1.19 bits per heavy atom. The zero-order chi connectivity index (χ0) is 22.3. The number of nitrogens with one attached hydrogen (secondary N) is 2. The van der Waals surface area contributed by atoms with Gasteiger partial charge in [-0.3, -0.25) is 14.8 Å². The number of nitrogens with two attached hydrogens (primary N) is 1. The molecule has 2 bridgehead atoms. The van der Waals surface area contributed by atoms with E-state index in [0.29, 0.717) is 18.6 Å². The molecule has 3 saturated carbocycles. The molecule has 6 rings (SSSR count). The Labute approximate surface area is 187 Å². The van der Waals surface area contributed by atoms with Crippen molar-refractivity contribution < 1.29 is 4.79 Å². The Hall–Kier alpha value is -2.75. The molecule has 1 aromatic carbocycles. The number of hydrogen-bond acceptors (Lipinski definition) is 6. The molecule has 2 aromatic rings. The Bertz CT molecular complexity index is 1040. The highest BCUT2D eigenvalue weighted by molar-refractivity contribution is 5.88. The highest BCUT2D eigenvalue weighted by Gasteiger charge is 2.67. The maximum Gasteiger partial charge on any atom is 0.354 e. The second-order valence-electron chi connectivity index (χ2n) is 9.43. The highest BCUT2D eigenvalue weighted by Crippen LogP contribution is 2.62. The van der Waals surface area contributed by atoms with Crippen molar-refractivity contribution in [3.63, 3.8) is 0 Å². The van der Waals surface area contributed by atoms with Crippen molar-refractivity contribution in [3.05, 3.63) is 52.6 Å². The van der Waals surface area contributed by atoms with E-state index in [1.807, 2.05) is 12.1 Å². The van der Waals surface area contributed by atoms with Gasteiger partial charge in [-0.25, -0.2) is 9.59 Å². The van der Waals surface area contributed by atoms with E-state index in [9.17, 15) is 9.59 Å². The smallest absolute Gasteiger partial charge is 0.325 e. The Balaban J connectivity index is 1.24. The van der Waals surface area contributed by atoms with E-state index in [-0.39, 0.29) is 17.4 Å². The molecule has 4 aliphatic rings. The van der Waals surface area contributed by atoms with Gasteiger partial charge in [0.05, 0.1) is 5.69 Å². The fourth-order valence-electron chi connectivity index (χ4n) is 5.47. The Kier molecular flexibility index (Phi) is 5.27. The molecule has 3 aliphatic carbocycles. The number of urea groups is 1. The molecule has 32 heavy (non-hydrogen) atoms. The zero-order valence-electron chi connectivity index (χ0n) is 18.5. The highest BCUT2D eigenvalue weighted by atomic mass is 16.2. The number of piperazine rings is 1. The van der Waals surface area contributed by atoms with Crippen LogP contribution in [0.2, 0.25) is 0 Å². The van der Waals surface area contributed by atoms with Crippen LogP contribution in [-0.2, 0) is 6.54 Å². The number of rotatable bonds is 6. The van der Waals surface area contributed by atoms with E-state index in [4.69, 9.17) is 5.73 Å². The van der Waals surface area contributed by atoms with Gasteiger partial charge >= 0.3 is 11.7 Å². The summed E-state index contributed by atoms with van der Waals surface area (Å²) in [4.78, 5) is 33.2. The third kappa shape index (κ3) is 3.80. The predicted octanol–water partition coefficient (Wildman–Crippen LogP) is 1.13. The summed E-state index contributed by atoms with van der Waals surface area (Å²) in [5.74, 6) is 0.265. The zero-order valence-corrected chi connectivity index (χ0v) is 18.5. The summed E-state index contributed by atoms with van der Waals surface area (Å²) in [5.41, 5.74) is 8.18. The van der Waals surface area contributed by atoms with Crippen molar-refractivity contribution in [2.75, 3.05) is 38.0 Å². The van der Waals surface area contributed by atoms with Crippen LogP contribution < -0.4 is 22.1 Å². The lowest BCUT2D eigenvalue weighted by Gasteiger charge is -2.72. The van der Waals surface area contributed by atoms with Crippen LogP contribution in [0.25, 0.3) is 5.69 Å². The number of amides is 2. The van der Waals surface area contributed by atoms with Gasteiger partial charge in [0.25, 0.3) is 0 Å². The van der Waals surface area contributed by atoms with E-state index in [1.165, 1.54) is 10.1 Å².